The monoisotopic (exact) mass is 372 g/mol. The molecule has 1 fully saturated rings. The Morgan fingerprint density at radius 3 is 2.19 bits per heavy atom. The number of carbonyl (C=O) groups excluding carboxylic acids is 2. The van der Waals surface area contributed by atoms with Gasteiger partial charge >= 0.3 is 0 Å². The molecule has 1 saturated heterocycles. The molecule has 0 N–H and O–H groups in total. The molecule has 0 aliphatic carbocycles. The van der Waals surface area contributed by atoms with Crippen molar-refractivity contribution in [2.75, 3.05) is 26.2 Å². The molecule has 2 amide bonds. The zero-order valence-electron chi connectivity index (χ0n) is 15.0. The molecule has 0 bridgehead atoms. The molecule has 6 heteroatoms. The van der Waals surface area contributed by atoms with Crippen molar-refractivity contribution >= 4 is 11.8 Å². The van der Waals surface area contributed by atoms with E-state index in [0.29, 0.717) is 43.7 Å². The number of piperazine rings is 1. The third-order valence-corrected chi connectivity index (χ3v) is 4.80. The number of rotatable bonds is 5. The van der Waals surface area contributed by atoms with Crippen LogP contribution in [-0.2, 0) is 22.4 Å². The first-order chi connectivity index (χ1) is 13.0. The van der Waals surface area contributed by atoms with Crippen molar-refractivity contribution in [3.63, 3.8) is 0 Å². The standard InChI is InChI=1S/C21H22F2N2O2/c22-18-6-3-4-16(14-18)15-21(27)25-12-10-24(11-13-25)20(26)9-8-17-5-1-2-7-19(17)23/h1-7,14H,8-13,15H2. The van der Waals surface area contributed by atoms with Gasteiger partial charge < -0.3 is 9.80 Å². The SMILES string of the molecule is O=C(CCc1ccccc1F)N1CCN(C(=O)Cc2cccc(F)c2)CC1. The molecule has 3 rings (SSSR count). The largest absolute Gasteiger partial charge is 0.339 e. The van der Waals surface area contributed by atoms with E-state index in [1.807, 2.05) is 0 Å². The van der Waals surface area contributed by atoms with Crippen molar-refractivity contribution in [3.05, 3.63) is 71.3 Å². The maximum atomic E-state index is 13.6. The molecular weight excluding hydrogens is 350 g/mol. The number of halogens is 2. The van der Waals surface area contributed by atoms with Gasteiger partial charge in [0.05, 0.1) is 6.42 Å². The van der Waals surface area contributed by atoms with Crippen LogP contribution in [0.2, 0.25) is 0 Å². The van der Waals surface area contributed by atoms with E-state index < -0.39 is 0 Å². The fourth-order valence-electron chi connectivity index (χ4n) is 3.24. The van der Waals surface area contributed by atoms with Crippen LogP contribution >= 0.6 is 0 Å². The van der Waals surface area contributed by atoms with Gasteiger partial charge in [0, 0.05) is 32.6 Å². The minimum absolute atomic E-state index is 0.0320. The molecule has 1 aliphatic heterocycles. The van der Waals surface area contributed by atoms with Crippen molar-refractivity contribution in [3.8, 4) is 0 Å². The highest BCUT2D eigenvalue weighted by Gasteiger charge is 2.24. The second-order valence-electron chi connectivity index (χ2n) is 6.66. The van der Waals surface area contributed by atoms with Gasteiger partial charge in [-0.1, -0.05) is 30.3 Å². The summed E-state index contributed by atoms with van der Waals surface area (Å²) in [6, 6.07) is 12.5. The van der Waals surface area contributed by atoms with Gasteiger partial charge in [-0.3, -0.25) is 9.59 Å². The van der Waals surface area contributed by atoms with Gasteiger partial charge in [-0.2, -0.15) is 0 Å². The molecule has 2 aromatic rings. The number of amides is 2. The Kier molecular flexibility index (Phi) is 6.16. The first-order valence-corrected chi connectivity index (χ1v) is 9.06. The Morgan fingerprint density at radius 2 is 1.52 bits per heavy atom. The van der Waals surface area contributed by atoms with E-state index in [9.17, 15) is 18.4 Å². The number of carbonyl (C=O) groups is 2. The summed E-state index contributed by atoms with van der Waals surface area (Å²) >= 11 is 0. The third-order valence-electron chi connectivity index (χ3n) is 4.80. The van der Waals surface area contributed by atoms with E-state index in [1.165, 1.54) is 18.2 Å². The lowest BCUT2D eigenvalue weighted by Gasteiger charge is -2.35. The molecule has 0 unspecified atom stereocenters. The fourth-order valence-corrected chi connectivity index (χ4v) is 3.24. The van der Waals surface area contributed by atoms with Crippen molar-refractivity contribution in [2.24, 2.45) is 0 Å². The average Bonchev–Trinajstić information content (AvgIpc) is 2.67. The fraction of sp³-hybridized carbons (Fsp3) is 0.333. The molecule has 2 aromatic carbocycles. The Labute approximate surface area is 157 Å². The zero-order valence-corrected chi connectivity index (χ0v) is 15.0. The molecule has 0 spiro atoms. The molecule has 1 aliphatic rings. The van der Waals surface area contributed by atoms with E-state index in [4.69, 9.17) is 0 Å². The lowest BCUT2D eigenvalue weighted by Crippen LogP contribution is -2.51. The maximum Gasteiger partial charge on any atom is 0.227 e. The van der Waals surface area contributed by atoms with Gasteiger partial charge in [-0.15, -0.1) is 0 Å². The third kappa shape index (κ3) is 5.12. The number of hydrogen-bond acceptors (Lipinski definition) is 2. The van der Waals surface area contributed by atoms with E-state index in [2.05, 4.69) is 0 Å². The Bertz CT molecular complexity index is 817. The van der Waals surface area contributed by atoms with Crippen LogP contribution in [0.3, 0.4) is 0 Å². The van der Waals surface area contributed by atoms with Crippen LogP contribution in [0.5, 0.6) is 0 Å². The first-order valence-electron chi connectivity index (χ1n) is 9.06. The first kappa shape index (κ1) is 19.0. The highest BCUT2D eigenvalue weighted by molar-refractivity contribution is 5.80. The van der Waals surface area contributed by atoms with Gasteiger partial charge in [-0.05, 0) is 35.7 Å². The van der Waals surface area contributed by atoms with Gasteiger partial charge in [0.25, 0.3) is 0 Å². The highest BCUT2D eigenvalue weighted by Crippen LogP contribution is 2.12. The van der Waals surface area contributed by atoms with E-state index >= 15 is 0 Å². The highest BCUT2D eigenvalue weighted by atomic mass is 19.1. The van der Waals surface area contributed by atoms with Crippen LogP contribution in [0.15, 0.2) is 48.5 Å². The van der Waals surface area contributed by atoms with Crippen molar-refractivity contribution in [2.45, 2.75) is 19.3 Å². The molecule has 4 nitrogen and oxygen atoms in total. The molecule has 0 atom stereocenters. The molecule has 142 valence electrons. The smallest absolute Gasteiger partial charge is 0.227 e. The van der Waals surface area contributed by atoms with Gasteiger partial charge in [0.1, 0.15) is 11.6 Å². The molecule has 0 radical (unpaired) electrons. The zero-order chi connectivity index (χ0) is 19.2. The van der Waals surface area contributed by atoms with E-state index in [-0.39, 0.29) is 36.3 Å². The van der Waals surface area contributed by atoms with Crippen molar-refractivity contribution in [1.29, 1.82) is 0 Å². The number of aryl methyl sites for hydroxylation is 1. The maximum absolute atomic E-state index is 13.6. The van der Waals surface area contributed by atoms with E-state index in [0.717, 1.165) is 0 Å². The summed E-state index contributed by atoms with van der Waals surface area (Å²) in [6.45, 7) is 1.84. The Morgan fingerprint density at radius 1 is 0.852 bits per heavy atom. The molecular formula is C21H22F2N2O2. The second kappa shape index (κ2) is 8.75. The Hall–Kier alpha value is -2.76. The summed E-state index contributed by atoms with van der Waals surface area (Å²) in [6.07, 6.45) is 0.765. The summed E-state index contributed by atoms with van der Waals surface area (Å²) in [4.78, 5) is 28.1. The minimum atomic E-state index is -0.356. The number of nitrogens with zero attached hydrogens (tertiary/aromatic N) is 2. The average molecular weight is 372 g/mol. The quantitative estimate of drug-likeness (QED) is 0.810. The number of hydrogen-bond donors (Lipinski definition) is 0. The minimum Gasteiger partial charge on any atom is -0.339 e. The Balaban J connectivity index is 1.46. The van der Waals surface area contributed by atoms with Crippen molar-refractivity contribution < 1.29 is 18.4 Å². The van der Waals surface area contributed by atoms with Crippen LogP contribution in [-0.4, -0.2) is 47.8 Å². The lowest BCUT2D eigenvalue weighted by molar-refractivity contribution is -0.139. The predicted molar refractivity (Wildman–Crippen MR) is 98.0 cm³/mol. The molecule has 0 saturated carbocycles. The van der Waals surface area contributed by atoms with Crippen LogP contribution < -0.4 is 0 Å². The van der Waals surface area contributed by atoms with Gasteiger partial charge in [-0.25, -0.2) is 8.78 Å². The van der Waals surface area contributed by atoms with Gasteiger partial charge in [0.15, 0.2) is 0 Å². The summed E-state index contributed by atoms with van der Waals surface area (Å²) in [5.74, 6) is -0.752. The lowest BCUT2D eigenvalue weighted by atomic mass is 10.1. The van der Waals surface area contributed by atoms with Crippen LogP contribution in [0.4, 0.5) is 8.78 Å². The van der Waals surface area contributed by atoms with Crippen molar-refractivity contribution in [1.82, 2.24) is 9.80 Å². The number of benzene rings is 2. The molecule has 1 heterocycles. The van der Waals surface area contributed by atoms with Crippen LogP contribution in [0, 0.1) is 11.6 Å². The van der Waals surface area contributed by atoms with Gasteiger partial charge in [0.2, 0.25) is 11.8 Å². The summed E-state index contributed by atoms with van der Waals surface area (Å²) in [7, 11) is 0. The molecule has 27 heavy (non-hydrogen) atoms. The molecule has 0 aromatic heterocycles. The summed E-state index contributed by atoms with van der Waals surface area (Å²) in [5.41, 5.74) is 1.18. The summed E-state index contributed by atoms with van der Waals surface area (Å²) in [5, 5.41) is 0. The normalized spacial score (nSPS) is 14.3. The van der Waals surface area contributed by atoms with Crippen LogP contribution in [0.1, 0.15) is 17.5 Å². The topological polar surface area (TPSA) is 40.6 Å². The second-order valence-corrected chi connectivity index (χ2v) is 6.66. The predicted octanol–water partition coefficient (Wildman–Crippen LogP) is 2.81. The van der Waals surface area contributed by atoms with Crippen LogP contribution in [0.25, 0.3) is 0 Å². The van der Waals surface area contributed by atoms with E-state index in [1.54, 1.807) is 40.1 Å². The summed E-state index contributed by atoms with van der Waals surface area (Å²) < 4.78 is 26.9.